The lowest BCUT2D eigenvalue weighted by atomic mass is 10.0. The van der Waals surface area contributed by atoms with Crippen LogP contribution in [0.3, 0.4) is 0 Å². The lowest BCUT2D eigenvalue weighted by Crippen LogP contribution is -2.46. The molecule has 3 rings (SSSR count). The first-order valence-electron chi connectivity index (χ1n) is 12.0. The van der Waals surface area contributed by atoms with E-state index in [1.165, 1.54) is 0 Å². The Hall–Kier alpha value is -2.90. The minimum absolute atomic E-state index is 0.0752. The number of carbonyl (C=O) groups is 2. The number of amides is 2. The van der Waals surface area contributed by atoms with E-state index in [0.29, 0.717) is 35.7 Å². The zero-order valence-corrected chi connectivity index (χ0v) is 20.9. The van der Waals surface area contributed by atoms with Gasteiger partial charge in [-0.15, -0.1) is 0 Å². The molecule has 0 aliphatic carbocycles. The van der Waals surface area contributed by atoms with Crippen molar-refractivity contribution in [2.75, 3.05) is 45.7 Å². The second kappa shape index (κ2) is 12.0. The summed E-state index contributed by atoms with van der Waals surface area (Å²) in [5, 5.41) is 2.91. The van der Waals surface area contributed by atoms with Gasteiger partial charge in [-0.25, -0.2) is 0 Å². The Morgan fingerprint density at radius 2 is 1.88 bits per heavy atom. The van der Waals surface area contributed by atoms with Crippen molar-refractivity contribution < 1.29 is 19.1 Å². The number of likely N-dealkylation sites (N-methyl/N-ethyl adjacent to an activating group) is 1. The number of nitrogens with one attached hydrogen (secondary N) is 1. The molecule has 3 atom stereocenters. The molecule has 1 aliphatic heterocycles. The van der Waals surface area contributed by atoms with Crippen LogP contribution < -0.4 is 10.1 Å². The molecule has 0 spiro atoms. The molecule has 0 radical (unpaired) electrons. The Bertz CT molecular complexity index is 966. The first-order chi connectivity index (χ1) is 16.3. The minimum atomic E-state index is -0.212. The molecule has 34 heavy (non-hydrogen) atoms. The number of fused-ring (bicyclic) bond motifs is 1. The average molecular weight is 468 g/mol. The van der Waals surface area contributed by atoms with Crippen molar-refractivity contribution >= 4 is 17.5 Å². The van der Waals surface area contributed by atoms with E-state index in [4.69, 9.17) is 9.47 Å². The highest BCUT2D eigenvalue weighted by atomic mass is 16.5. The molecule has 7 nitrogen and oxygen atoms in total. The number of carbonyl (C=O) groups excluding carboxylic acids is 2. The third kappa shape index (κ3) is 6.36. The van der Waals surface area contributed by atoms with Gasteiger partial charge < -0.3 is 19.7 Å². The van der Waals surface area contributed by atoms with Gasteiger partial charge in [0.1, 0.15) is 12.4 Å². The number of rotatable bonds is 5. The quantitative estimate of drug-likeness (QED) is 0.715. The second-order valence-electron chi connectivity index (χ2n) is 9.12. The maximum absolute atomic E-state index is 13.3. The van der Waals surface area contributed by atoms with Gasteiger partial charge in [0, 0.05) is 50.6 Å². The molecule has 1 N–H and O–H groups in total. The summed E-state index contributed by atoms with van der Waals surface area (Å²) in [4.78, 5) is 30.0. The largest absolute Gasteiger partial charge is 0.491 e. The molecule has 7 heteroatoms. The summed E-state index contributed by atoms with van der Waals surface area (Å²) in [7, 11) is 3.49. The summed E-state index contributed by atoms with van der Waals surface area (Å²) < 4.78 is 12.0. The van der Waals surface area contributed by atoms with Crippen molar-refractivity contribution in [1.82, 2.24) is 9.80 Å². The van der Waals surface area contributed by atoms with E-state index in [2.05, 4.69) is 31.0 Å². The molecule has 1 heterocycles. The van der Waals surface area contributed by atoms with Crippen molar-refractivity contribution in [3.63, 3.8) is 0 Å². The molecule has 0 fully saturated rings. The number of anilines is 1. The predicted molar refractivity (Wildman–Crippen MR) is 135 cm³/mol. The molecule has 0 saturated carbocycles. The van der Waals surface area contributed by atoms with Gasteiger partial charge in [-0.2, -0.15) is 0 Å². The van der Waals surface area contributed by atoms with Gasteiger partial charge in [0.2, 0.25) is 0 Å². The SMILES string of the molecule is CCCN1C[C@@H](C)[C@@H](OC)CN(C)C(=O)c2ccc(NC(=O)c3ccccc3)cc2OC[C@H]1C. The molecule has 0 unspecified atom stereocenters. The topological polar surface area (TPSA) is 71.1 Å². The predicted octanol–water partition coefficient (Wildman–Crippen LogP) is 4.15. The molecule has 2 aromatic carbocycles. The third-order valence-corrected chi connectivity index (χ3v) is 6.38. The lowest BCUT2D eigenvalue weighted by molar-refractivity contribution is 0.0108. The van der Waals surface area contributed by atoms with Crippen LogP contribution in [0.25, 0.3) is 0 Å². The summed E-state index contributed by atoms with van der Waals surface area (Å²) >= 11 is 0. The molecule has 2 aromatic rings. The Kier molecular flexibility index (Phi) is 9.07. The van der Waals surface area contributed by atoms with Gasteiger partial charge in [-0.1, -0.05) is 32.0 Å². The summed E-state index contributed by atoms with van der Waals surface area (Å²) in [6, 6.07) is 14.4. The highest BCUT2D eigenvalue weighted by Gasteiger charge is 2.28. The van der Waals surface area contributed by atoms with Gasteiger partial charge >= 0.3 is 0 Å². The molecule has 184 valence electrons. The molecular weight excluding hydrogens is 430 g/mol. The van der Waals surface area contributed by atoms with Crippen molar-refractivity contribution in [2.45, 2.75) is 39.3 Å². The summed E-state index contributed by atoms with van der Waals surface area (Å²) in [5.41, 5.74) is 1.62. The molecule has 1 aliphatic rings. The smallest absolute Gasteiger partial charge is 0.257 e. The zero-order chi connectivity index (χ0) is 24.7. The number of nitrogens with zero attached hydrogens (tertiary/aromatic N) is 2. The van der Waals surface area contributed by atoms with Crippen LogP contribution in [0.15, 0.2) is 48.5 Å². The Morgan fingerprint density at radius 1 is 1.15 bits per heavy atom. The van der Waals surface area contributed by atoms with E-state index < -0.39 is 0 Å². The Morgan fingerprint density at radius 3 is 2.56 bits per heavy atom. The summed E-state index contributed by atoms with van der Waals surface area (Å²) in [5.74, 6) is 0.373. The van der Waals surface area contributed by atoms with Crippen molar-refractivity contribution in [3.8, 4) is 5.75 Å². The van der Waals surface area contributed by atoms with Gasteiger partial charge in [-0.3, -0.25) is 14.5 Å². The highest BCUT2D eigenvalue weighted by Crippen LogP contribution is 2.27. The van der Waals surface area contributed by atoms with Crippen LogP contribution in [-0.4, -0.2) is 74.2 Å². The molecular formula is C27H37N3O4. The van der Waals surface area contributed by atoms with E-state index >= 15 is 0 Å². The number of hydrogen-bond acceptors (Lipinski definition) is 5. The van der Waals surface area contributed by atoms with E-state index in [1.54, 1.807) is 49.4 Å². The zero-order valence-electron chi connectivity index (χ0n) is 20.9. The van der Waals surface area contributed by atoms with Crippen LogP contribution in [0.5, 0.6) is 5.75 Å². The normalized spacial score (nSPS) is 22.2. The van der Waals surface area contributed by atoms with Crippen LogP contribution in [0, 0.1) is 5.92 Å². The first-order valence-corrected chi connectivity index (χ1v) is 12.0. The molecule has 2 amide bonds. The number of hydrogen-bond donors (Lipinski definition) is 1. The molecule has 0 saturated heterocycles. The third-order valence-electron chi connectivity index (χ3n) is 6.38. The van der Waals surface area contributed by atoms with E-state index in [1.807, 2.05) is 18.2 Å². The molecule has 0 bridgehead atoms. The fourth-order valence-electron chi connectivity index (χ4n) is 4.32. The van der Waals surface area contributed by atoms with Gasteiger partial charge in [0.05, 0.1) is 11.7 Å². The maximum Gasteiger partial charge on any atom is 0.257 e. The number of benzene rings is 2. The maximum atomic E-state index is 13.3. The van der Waals surface area contributed by atoms with Crippen molar-refractivity contribution in [3.05, 3.63) is 59.7 Å². The van der Waals surface area contributed by atoms with E-state index in [9.17, 15) is 9.59 Å². The van der Waals surface area contributed by atoms with Gasteiger partial charge in [-0.05, 0) is 50.1 Å². The fourth-order valence-corrected chi connectivity index (χ4v) is 4.32. The Labute approximate surface area is 203 Å². The van der Waals surface area contributed by atoms with E-state index in [0.717, 1.165) is 19.5 Å². The minimum Gasteiger partial charge on any atom is -0.491 e. The first kappa shape index (κ1) is 25.7. The number of methoxy groups -OCH3 is 1. The molecule has 0 aromatic heterocycles. The standard InChI is InChI=1S/C27H37N3O4/c1-6-14-30-16-19(2)25(33-5)17-29(4)27(32)23-13-12-22(15-24(23)34-18-20(30)3)28-26(31)21-10-8-7-9-11-21/h7-13,15,19-20,25H,6,14,16-18H2,1-5H3,(H,28,31)/t19-,20-,25+/m1/s1. The Balaban J connectivity index is 1.91. The van der Waals surface area contributed by atoms with Crippen molar-refractivity contribution in [1.29, 1.82) is 0 Å². The second-order valence-corrected chi connectivity index (χ2v) is 9.12. The monoisotopic (exact) mass is 467 g/mol. The van der Waals surface area contributed by atoms with Crippen LogP contribution >= 0.6 is 0 Å². The summed E-state index contributed by atoms with van der Waals surface area (Å²) in [6.07, 6.45) is 0.966. The average Bonchev–Trinajstić information content (AvgIpc) is 2.84. The van der Waals surface area contributed by atoms with Crippen LogP contribution in [0.4, 0.5) is 5.69 Å². The van der Waals surface area contributed by atoms with E-state index in [-0.39, 0.29) is 29.9 Å². The highest BCUT2D eigenvalue weighted by molar-refractivity contribution is 6.05. The van der Waals surface area contributed by atoms with Crippen LogP contribution in [-0.2, 0) is 4.74 Å². The fraction of sp³-hybridized carbons (Fsp3) is 0.481. The summed E-state index contributed by atoms with van der Waals surface area (Å²) in [6.45, 7) is 9.22. The van der Waals surface area contributed by atoms with Crippen molar-refractivity contribution in [2.24, 2.45) is 5.92 Å². The number of ether oxygens (including phenoxy) is 2. The van der Waals surface area contributed by atoms with Gasteiger partial charge in [0.25, 0.3) is 11.8 Å². The van der Waals surface area contributed by atoms with Gasteiger partial charge in [0.15, 0.2) is 0 Å². The van der Waals surface area contributed by atoms with Crippen LogP contribution in [0.2, 0.25) is 0 Å². The van der Waals surface area contributed by atoms with Crippen LogP contribution in [0.1, 0.15) is 47.9 Å². The lowest BCUT2D eigenvalue weighted by Gasteiger charge is -2.35.